The van der Waals surface area contributed by atoms with Gasteiger partial charge >= 0.3 is 0 Å². The maximum absolute atomic E-state index is 13.3. The summed E-state index contributed by atoms with van der Waals surface area (Å²) in [5.41, 5.74) is 0. The van der Waals surface area contributed by atoms with Crippen molar-refractivity contribution in [2.75, 3.05) is 26.4 Å². The average Bonchev–Trinajstić information content (AvgIpc) is 3.69. The predicted molar refractivity (Wildman–Crippen MR) is 319 cm³/mol. The quantitative estimate of drug-likeness (QED) is 0.0207. The van der Waals surface area contributed by atoms with E-state index >= 15 is 0 Å². The summed E-state index contributed by atoms with van der Waals surface area (Å²) in [6.45, 7) is 1.73. The van der Waals surface area contributed by atoms with Crippen molar-refractivity contribution in [3.63, 3.8) is 0 Å². The van der Waals surface area contributed by atoms with Gasteiger partial charge in [0, 0.05) is 6.42 Å². The topological polar surface area (TPSA) is 307 Å². The number of nitrogens with one attached hydrogen (secondary N) is 1. The number of allylic oxidation sites excluding steroid dienone is 4. The fourth-order valence-electron chi connectivity index (χ4n) is 11.3. The molecule has 488 valence electrons. The molecule has 0 aromatic rings. The molecule has 3 saturated heterocycles. The van der Waals surface area contributed by atoms with Crippen molar-refractivity contribution < 1.29 is 89.4 Å². The Morgan fingerprint density at radius 1 is 0.434 bits per heavy atom. The molecule has 3 aliphatic heterocycles. The van der Waals surface area contributed by atoms with E-state index in [2.05, 4.69) is 43.5 Å². The lowest BCUT2D eigenvalue weighted by Gasteiger charge is -2.48. The highest BCUT2D eigenvalue weighted by Crippen LogP contribution is 2.33. The number of unbranched alkanes of at least 4 members (excludes halogenated alkanes) is 30. The number of amides is 1. The van der Waals surface area contributed by atoms with Gasteiger partial charge in [-0.15, -0.1) is 0 Å². The predicted octanol–water partition coefficient (Wildman–Crippen LogP) is 7.49. The molecule has 17 atom stereocenters. The Hall–Kier alpha value is -1.73. The van der Waals surface area contributed by atoms with Crippen LogP contribution in [0.5, 0.6) is 0 Å². The largest absolute Gasteiger partial charge is 0.394 e. The van der Waals surface area contributed by atoms with Crippen LogP contribution >= 0.6 is 0 Å². The Morgan fingerprint density at radius 3 is 1.23 bits per heavy atom. The maximum Gasteiger partial charge on any atom is 0.220 e. The van der Waals surface area contributed by atoms with Crippen LogP contribution in [0.1, 0.15) is 245 Å². The van der Waals surface area contributed by atoms with Gasteiger partial charge in [-0.1, -0.05) is 218 Å². The van der Waals surface area contributed by atoms with Crippen LogP contribution in [0.4, 0.5) is 0 Å². The highest BCUT2D eigenvalue weighted by molar-refractivity contribution is 5.76. The first kappa shape index (κ1) is 75.5. The number of carbonyl (C=O) groups excluding carboxylic acids is 1. The molecule has 1 amide bonds. The van der Waals surface area contributed by atoms with Gasteiger partial charge in [0.1, 0.15) is 73.2 Å². The summed E-state index contributed by atoms with van der Waals surface area (Å²) in [5.74, 6) is -0.244. The zero-order chi connectivity index (χ0) is 60.5. The van der Waals surface area contributed by atoms with Crippen LogP contribution < -0.4 is 5.32 Å². The first-order chi connectivity index (χ1) is 40.3. The van der Waals surface area contributed by atoms with Crippen molar-refractivity contribution in [3.05, 3.63) is 24.3 Å². The van der Waals surface area contributed by atoms with Crippen LogP contribution in [0.2, 0.25) is 0 Å². The third-order valence-corrected chi connectivity index (χ3v) is 16.8. The van der Waals surface area contributed by atoms with E-state index in [1.54, 1.807) is 0 Å². The molecule has 0 aromatic heterocycles. The van der Waals surface area contributed by atoms with Crippen molar-refractivity contribution in [1.82, 2.24) is 5.32 Å². The third-order valence-electron chi connectivity index (χ3n) is 16.8. The standard InChI is InChI=1S/C64H119NO18/c1-3-5-7-9-11-12-13-14-15-16-17-18-19-20-21-22-23-24-25-26-27-28-29-30-31-32-33-34-36-38-40-42-52(70)65-47(48(69)41-39-37-35-10-8-6-4-2)46-78-62-58(76)55(73)60(50(44-67)80-62)83-64-59(77)56(74)61(51(45-68)81-64)82-63-57(75)54(72)53(71)49(43-66)79-63/h13-14,16-17,47-51,53-64,66-69,71-77H,3-12,15,18-46H2,1-2H3,(H,65,70)/b14-13-,17-16-. The van der Waals surface area contributed by atoms with Gasteiger partial charge in [0.05, 0.1) is 38.6 Å². The Morgan fingerprint density at radius 2 is 0.795 bits per heavy atom. The minimum absolute atomic E-state index is 0.244. The lowest BCUT2D eigenvalue weighted by Crippen LogP contribution is -2.66. The molecule has 0 aromatic carbocycles. The normalized spacial score (nSPS) is 29.5. The van der Waals surface area contributed by atoms with Crippen LogP contribution in [-0.2, 0) is 33.2 Å². The van der Waals surface area contributed by atoms with Gasteiger partial charge in [0.15, 0.2) is 18.9 Å². The Balaban J connectivity index is 1.31. The van der Waals surface area contributed by atoms with Gasteiger partial charge in [-0.05, 0) is 44.9 Å². The summed E-state index contributed by atoms with van der Waals surface area (Å²) in [7, 11) is 0. The summed E-state index contributed by atoms with van der Waals surface area (Å²) in [4.78, 5) is 13.3. The first-order valence-electron chi connectivity index (χ1n) is 33.1. The molecule has 19 nitrogen and oxygen atoms in total. The lowest BCUT2D eigenvalue weighted by molar-refractivity contribution is -0.379. The molecule has 3 fully saturated rings. The van der Waals surface area contributed by atoms with Crippen molar-refractivity contribution in [2.24, 2.45) is 0 Å². The highest BCUT2D eigenvalue weighted by atomic mass is 16.8. The number of carbonyl (C=O) groups is 1. The molecular weight excluding hydrogens is 1070 g/mol. The summed E-state index contributed by atoms with van der Waals surface area (Å²) in [6, 6.07) is -0.881. The molecule has 17 unspecified atom stereocenters. The Labute approximate surface area is 498 Å². The minimum atomic E-state index is -1.97. The number of ether oxygens (including phenoxy) is 6. The lowest BCUT2D eigenvalue weighted by atomic mass is 9.96. The fourth-order valence-corrected chi connectivity index (χ4v) is 11.3. The van der Waals surface area contributed by atoms with Crippen LogP contribution in [0.15, 0.2) is 24.3 Å². The van der Waals surface area contributed by atoms with E-state index in [-0.39, 0.29) is 18.9 Å². The summed E-state index contributed by atoms with van der Waals surface area (Å²) < 4.78 is 34.2. The highest BCUT2D eigenvalue weighted by Gasteiger charge is 2.53. The SMILES string of the molecule is CCCCCCC/C=C\C/C=C\CCCCCCCCCCCCCCCCCCCCCC(=O)NC(COC1OC(CO)C(OC2OC(CO)C(OC3OC(CO)C(O)C(O)C3O)C(O)C2O)C(O)C1O)C(O)CCCCCCCCC. The van der Waals surface area contributed by atoms with Crippen molar-refractivity contribution in [2.45, 2.75) is 349 Å². The zero-order valence-electron chi connectivity index (χ0n) is 51.2. The van der Waals surface area contributed by atoms with Crippen LogP contribution in [0, 0.1) is 0 Å². The number of rotatable bonds is 50. The average molecular weight is 1190 g/mol. The van der Waals surface area contributed by atoms with E-state index in [4.69, 9.17) is 28.4 Å². The number of hydrogen-bond donors (Lipinski definition) is 12. The molecule has 83 heavy (non-hydrogen) atoms. The molecule has 3 rings (SSSR count). The van der Waals surface area contributed by atoms with E-state index in [1.165, 1.54) is 148 Å². The van der Waals surface area contributed by atoms with Gasteiger partial charge in [0.25, 0.3) is 0 Å². The van der Waals surface area contributed by atoms with Gasteiger partial charge in [-0.3, -0.25) is 4.79 Å². The monoisotopic (exact) mass is 1190 g/mol. The number of aliphatic hydroxyl groups excluding tert-OH is 11. The zero-order valence-corrected chi connectivity index (χ0v) is 51.2. The molecule has 0 aliphatic carbocycles. The second-order valence-corrected chi connectivity index (χ2v) is 23.9. The van der Waals surface area contributed by atoms with E-state index in [0.717, 1.165) is 64.2 Å². The van der Waals surface area contributed by atoms with Crippen molar-refractivity contribution in [1.29, 1.82) is 0 Å². The molecular formula is C64H119NO18. The smallest absolute Gasteiger partial charge is 0.220 e. The third kappa shape index (κ3) is 30.4. The van der Waals surface area contributed by atoms with E-state index in [1.807, 2.05) is 0 Å². The molecule has 0 saturated carbocycles. The van der Waals surface area contributed by atoms with Gasteiger partial charge in [-0.2, -0.15) is 0 Å². The van der Waals surface area contributed by atoms with E-state index in [9.17, 15) is 61.0 Å². The minimum Gasteiger partial charge on any atom is -0.394 e. The molecule has 0 radical (unpaired) electrons. The van der Waals surface area contributed by atoms with Crippen LogP contribution in [0.25, 0.3) is 0 Å². The molecule has 3 heterocycles. The van der Waals surface area contributed by atoms with E-state index in [0.29, 0.717) is 12.8 Å². The molecule has 0 spiro atoms. The van der Waals surface area contributed by atoms with Crippen LogP contribution in [0.3, 0.4) is 0 Å². The van der Waals surface area contributed by atoms with Crippen molar-refractivity contribution in [3.8, 4) is 0 Å². The molecule has 0 bridgehead atoms. The van der Waals surface area contributed by atoms with E-state index < -0.39 is 124 Å². The van der Waals surface area contributed by atoms with Crippen molar-refractivity contribution >= 4 is 5.91 Å². The van der Waals surface area contributed by atoms with Gasteiger partial charge in [-0.25, -0.2) is 0 Å². The summed E-state index contributed by atoms with van der Waals surface area (Å²) in [5, 5.41) is 120. The Kier molecular flexibility index (Phi) is 43.0. The van der Waals surface area contributed by atoms with Gasteiger partial charge < -0.3 is 89.9 Å². The van der Waals surface area contributed by atoms with Crippen LogP contribution in [-0.4, -0.2) is 193 Å². The molecule has 19 heteroatoms. The molecule has 3 aliphatic rings. The number of hydrogen-bond acceptors (Lipinski definition) is 18. The Bertz CT molecular complexity index is 1610. The maximum atomic E-state index is 13.3. The second kappa shape index (κ2) is 47.3. The first-order valence-corrected chi connectivity index (χ1v) is 33.1. The fraction of sp³-hybridized carbons (Fsp3) is 0.922. The summed E-state index contributed by atoms with van der Waals surface area (Å²) >= 11 is 0. The van der Waals surface area contributed by atoms with Gasteiger partial charge in [0.2, 0.25) is 5.91 Å². The summed E-state index contributed by atoms with van der Waals surface area (Å²) in [6.07, 6.45) is 24.7. The number of aliphatic hydroxyl groups is 11. The second-order valence-electron chi connectivity index (χ2n) is 23.9. The molecule has 12 N–H and O–H groups in total.